The van der Waals surface area contributed by atoms with E-state index < -0.39 is 5.41 Å². The molecule has 9 heteroatoms. The SMILES string of the molecule is CC(C)(C(=O)N1CCN(C=O)CC1)C(=O)N1CCN(c2ncccn2)CC1. The van der Waals surface area contributed by atoms with Gasteiger partial charge in [-0.3, -0.25) is 14.4 Å². The van der Waals surface area contributed by atoms with Crippen LogP contribution in [0, 0.1) is 5.41 Å². The van der Waals surface area contributed by atoms with Crippen LogP contribution in [0.1, 0.15) is 13.8 Å². The van der Waals surface area contributed by atoms with Crippen LogP contribution < -0.4 is 4.90 Å². The minimum atomic E-state index is -1.12. The zero-order chi connectivity index (χ0) is 19.4. The highest BCUT2D eigenvalue weighted by molar-refractivity contribution is 6.04. The quantitative estimate of drug-likeness (QED) is 0.519. The fourth-order valence-electron chi connectivity index (χ4n) is 3.48. The Balaban J connectivity index is 1.58. The topological polar surface area (TPSA) is 90.0 Å². The van der Waals surface area contributed by atoms with Crippen molar-refractivity contribution in [3.05, 3.63) is 18.5 Å². The lowest BCUT2D eigenvalue weighted by molar-refractivity contribution is -0.155. The molecule has 0 spiro atoms. The Morgan fingerprint density at radius 3 is 1.85 bits per heavy atom. The van der Waals surface area contributed by atoms with Crippen LogP contribution >= 0.6 is 0 Å². The maximum Gasteiger partial charge on any atom is 0.237 e. The van der Waals surface area contributed by atoms with Gasteiger partial charge in [-0.25, -0.2) is 9.97 Å². The summed E-state index contributed by atoms with van der Waals surface area (Å²) in [5, 5.41) is 0. The summed E-state index contributed by atoms with van der Waals surface area (Å²) in [5.41, 5.74) is -1.12. The number of carbonyl (C=O) groups is 3. The first-order chi connectivity index (χ1) is 12.9. The Bertz CT molecular complexity index is 680. The Kier molecular flexibility index (Phi) is 5.57. The summed E-state index contributed by atoms with van der Waals surface area (Å²) in [6.07, 6.45) is 4.20. The number of anilines is 1. The molecule has 0 atom stereocenters. The summed E-state index contributed by atoms with van der Waals surface area (Å²) in [4.78, 5) is 52.4. The Morgan fingerprint density at radius 2 is 1.37 bits per heavy atom. The normalized spacial score (nSPS) is 18.4. The largest absolute Gasteiger partial charge is 0.342 e. The van der Waals surface area contributed by atoms with Gasteiger partial charge in [-0.1, -0.05) is 0 Å². The van der Waals surface area contributed by atoms with Gasteiger partial charge < -0.3 is 19.6 Å². The van der Waals surface area contributed by atoms with Gasteiger partial charge in [0.2, 0.25) is 24.2 Å². The molecule has 146 valence electrons. The molecule has 27 heavy (non-hydrogen) atoms. The minimum Gasteiger partial charge on any atom is -0.342 e. The van der Waals surface area contributed by atoms with E-state index in [9.17, 15) is 14.4 Å². The highest BCUT2D eigenvalue weighted by atomic mass is 16.2. The van der Waals surface area contributed by atoms with Crippen molar-refractivity contribution >= 4 is 24.2 Å². The number of piperazine rings is 2. The van der Waals surface area contributed by atoms with E-state index in [1.165, 1.54) is 0 Å². The zero-order valence-electron chi connectivity index (χ0n) is 15.9. The van der Waals surface area contributed by atoms with E-state index in [-0.39, 0.29) is 11.8 Å². The van der Waals surface area contributed by atoms with Crippen LogP contribution in [-0.2, 0) is 14.4 Å². The first-order valence-corrected chi connectivity index (χ1v) is 9.23. The van der Waals surface area contributed by atoms with Crippen LogP contribution in [0.15, 0.2) is 18.5 Å². The van der Waals surface area contributed by atoms with E-state index >= 15 is 0 Å². The predicted molar refractivity (Wildman–Crippen MR) is 98.8 cm³/mol. The highest BCUT2D eigenvalue weighted by Crippen LogP contribution is 2.24. The summed E-state index contributed by atoms with van der Waals surface area (Å²) in [7, 11) is 0. The maximum atomic E-state index is 13.0. The van der Waals surface area contributed by atoms with Gasteiger partial charge in [0, 0.05) is 64.8 Å². The Labute approximate surface area is 158 Å². The Morgan fingerprint density at radius 1 is 0.889 bits per heavy atom. The van der Waals surface area contributed by atoms with Crippen molar-refractivity contribution in [1.82, 2.24) is 24.7 Å². The molecule has 0 radical (unpaired) electrons. The lowest BCUT2D eigenvalue weighted by Crippen LogP contribution is -2.58. The van der Waals surface area contributed by atoms with Gasteiger partial charge in [-0.05, 0) is 19.9 Å². The summed E-state index contributed by atoms with van der Waals surface area (Å²) in [6.45, 7) is 7.67. The first kappa shape index (κ1) is 19.1. The second-order valence-electron chi connectivity index (χ2n) is 7.39. The van der Waals surface area contributed by atoms with Gasteiger partial charge >= 0.3 is 0 Å². The monoisotopic (exact) mass is 374 g/mol. The number of carbonyl (C=O) groups excluding carboxylic acids is 3. The number of rotatable bonds is 4. The van der Waals surface area contributed by atoms with Crippen LogP contribution in [0.25, 0.3) is 0 Å². The molecule has 1 aromatic rings. The molecule has 0 aromatic carbocycles. The molecule has 0 bridgehead atoms. The summed E-state index contributed by atoms with van der Waals surface area (Å²) < 4.78 is 0. The maximum absolute atomic E-state index is 13.0. The molecule has 0 saturated carbocycles. The van der Waals surface area contributed by atoms with Crippen LogP contribution in [0.3, 0.4) is 0 Å². The number of hydrogen-bond acceptors (Lipinski definition) is 6. The molecule has 9 nitrogen and oxygen atoms in total. The minimum absolute atomic E-state index is 0.154. The van der Waals surface area contributed by atoms with E-state index in [0.29, 0.717) is 58.3 Å². The van der Waals surface area contributed by atoms with Crippen molar-refractivity contribution in [3.63, 3.8) is 0 Å². The van der Waals surface area contributed by atoms with Gasteiger partial charge in [0.1, 0.15) is 5.41 Å². The van der Waals surface area contributed by atoms with Crippen molar-refractivity contribution in [2.75, 3.05) is 57.3 Å². The van der Waals surface area contributed by atoms with E-state index in [1.54, 1.807) is 47.0 Å². The van der Waals surface area contributed by atoms with Crippen LogP contribution in [0.2, 0.25) is 0 Å². The second-order valence-corrected chi connectivity index (χ2v) is 7.39. The third-order valence-electron chi connectivity index (χ3n) is 5.22. The van der Waals surface area contributed by atoms with Gasteiger partial charge in [-0.15, -0.1) is 0 Å². The molecule has 0 N–H and O–H groups in total. The van der Waals surface area contributed by atoms with Crippen molar-refractivity contribution in [1.29, 1.82) is 0 Å². The molecule has 3 amide bonds. The summed E-state index contributed by atoms with van der Waals surface area (Å²) in [5.74, 6) is 0.332. The molecule has 0 unspecified atom stereocenters. The van der Waals surface area contributed by atoms with Gasteiger partial charge in [-0.2, -0.15) is 0 Å². The van der Waals surface area contributed by atoms with Crippen molar-refractivity contribution in [2.45, 2.75) is 13.8 Å². The average molecular weight is 374 g/mol. The van der Waals surface area contributed by atoms with E-state index in [0.717, 1.165) is 6.41 Å². The average Bonchev–Trinajstić information content (AvgIpc) is 2.73. The number of amides is 3. The predicted octanol–water partition coefficient (Wildman–Crippen LogP) is -0.548. The molecule has 2 fully saturated rings. The fourth-order valence-corrected chi connectivity index (χ4v) is 3.48. The van der Waals surface area contributed by atoms with Gasteiger partial charge in [0.15, 0.2) is 0 Å². The molecule has 2 aliphatic heterocycles. The van der Waals surface area contributed by atoms with Gasteiger partial charge in [0.25, 0.3) is 0 Å². The third-order valence-corrected chi connectivity index (χ3v) is 5.22. The second kappa shape index (κ2) is 7.89. The molecular formula is C18H26N6O3. The molecular weight excluding hydrogens is 348 g/mol. The van der Waals surface area contributed by atoms with Crippen LogP contribution in [0.4, 0.5) is 5.95 Å². The molecule has 2 saturated heterocycles. The smallest absolute Gasteiger partial charge is 0.237 e. The number of aromatic nitrogens is 2. The van der Waals surface area contributed by atoms with Crippen LogP contribution in [0.5, 0.6) is 0 Å². The van der Waals surface area contributed by atoms with Crippen molar-refractivity contribution in [3.8, 4) is 0 Å². The fraction of sp³-hybridized carbons (Fsp3) is 0.611. The molecule has 3 rings (SSSR count). The Hall–Kier alpha value is -2.71. The number of hydrogen-bond donors (Lipinski definition) is 0. The van der Waals surface area contributed by atoms with Crippen LogP contribution in [-0.4, -0.2) is 95.3 Å². The zero-order valence-corrected chi connectivity index (χ0v) is 15.9. The number of nitrogens with zero attached hydrogens (tertiary/aromatic N) is 6. The van der Waals surface area contributed by atoms with Gasteiger partial charge in [0.05, 0.1) is 0 Å². The first-order valence-electron chi connectivity index (χ1n) is 9.23. The van der Waals surface area contributed by atoms with Crippen molar-refractivity contribution in [2.24, 2.45) is 5.41 Å². The molecule has 2 aliphatic rings. The molecule has 3 heterocycles. The summed E-state index contributed by atoms with van der Waals surface area (Å²) in [6, 6.07) is 1.77. The van der Waals surface area contributed by atoms with Crippen molar-refractivity contribution < 1.29 is 14.4 Å². The van der Waals surface area contributed by atoms with E-state index in [2.05, 4.69) is 9.97 Å². The molecule has 1 aromatic heterocycles. The third kappa shape index (κ3) is 4.01. The summed E-state index contributed by atoms with van der Waals surface area (Å²) >= 11 is 0. The lowest BCUT2D eigenvalue weighted by Gasteiger charge is -2.41. The standard InChI is InChI=1S/C18H26N6O3/c1-18(2,15(26)22-8-6-21(14-25)7-9-22)16(27)23-10-12-24(13-11-23)17-19-4-3-5-20-17/h3-5,14H,6-13H2,1-2H3. The van der Waals surface area contributed by atoms with E-state index in [4.69, 9.17) is 0 Å². The molecule has 0 aliphatic carbocycles. The highest BCUT2D eigenvalue weighted by Gasteiger charge is 2.43. The lowest BCUT2D eigenvalue weighted by atomic mass is 9.89. The van der Waals surface area contributed by atoms with E-state index in [1.807, 2.05) is 4.90 Å².